The lowest BCUT2D eigenvalue weighted by atomic mass is 10.3. The van der Waals surface area contributed by atoms with Gasteiger partial charge >= 0.3 is 5.69 Å². The van der Waals surface area contributed by atoms with Crippen LogP contribution >= 0.6 is 0 Å². The average molecular weight is 222 g/mol. The van der Waals surface area contributed by atoms with E-state index in [-0.39, 0.29) is 18.0 Å². The van der Waals surface area contributed by atoms with Crippen LogP contribution in [-0.2, 0) is 11.3 Å². The fraction of sp³-hybridized carbons (Fsp3) is 0.333. The van der Waals surface area contributed by atoms with Crippen LogP contribution in [0.2, 0.25) is 0 Å². The van der Waals surface area contributed by atoms with Crippen LogP contribution in [-0.4, -0.2) is 34.5 Å². The zero-order chi connectivity index (χ0) is 12.3. The van der Waals surface area contributed by atoms with Gasteiger partial charge in [0.1, 0.15) is 18.2 Å². The Morgan fingerprint density at radius 1 is 1.56 bits per heavy atom. The standard InChI is InChI=1S/C9H10N4O3/c1-12(2)7(14)5-13-4-6(3-10)8(15)11-9(13)16/h4H,5H2,1-2H3,(H,11,15,16). The highest BCUT2D eigenvalue weighted by atomic mass is 16.2. The minimum atomic E-state index is -0.749. The topological polar surface area (TPSA) is 99.0 Å². The number of hydrogen-bond acceptors (Lipinski definition) is 4. The normalized spacial score (nSPS) is 9.56. The molecule has 0 aromatic carbocycles. The Morgan fingerprint density at radius 2 is 2.19 bits per heavy atom. The molecule has 1 aromatic heterocycles. The molecular formula is C9H10N4O3. The van der Waals surface area contributed by atoms with Gasteiger partial charge in [0.2, 0.25) is 5.91 Å². The molecule has 0 atom stereocenters. The summed E-state index contributed by atoms with van der Waals surface area (Å²) >= 11 is 0. The van der Waals surface area contributed by atoms with Gasteiger partial charge in [0.25, 0.3) is 5.56 Å². The lowest BCUT2D eigenvalue weighted by Gasteiger charge is -2.11. The Kier molecular flexibility index (Phi) is 3.25. The molecule has 7 heteroatoms. The van der Waals surface area contributed by atoms with Crippen LogP contribution in [0.25, 0.3) is 0 Å². The van der Waals surface area contributed by atoms with Crippen LogP contribution < -0.4 is 11.2 Å². The third-order valence-corrected chi connectivity index (χ3v) is 1.94. The van der Waals surface area contributed by atoms with Crippen LogP contribution in [0.3, 0.4) is 0 Å². The van der Waals surface area contributed by atoms with E-state index in [4.69, 9.17) is 5.26 Å². The molecule has 0 radical (unpaired) electrons. The fourth-order valence-electron chi connectivity index (χ4n) is 0.994. The summed E-state index contributed by atoms with van der Waals surface area (Å²) in [5, 5.41) is 8.60. The molecule has 0 saturated heterocycles. The van der Waals surface area contributed by atoms with E-state index >= 15 is 0 Å². The molecule has 0 spiro atoms. The first-order valence-electron chi connectivity index (χ1n) is 4.39. The summed E-state index contributed by atoms with van der Waals surface area (Å²) in [6.07, 6.45) is 1.07. The van der Waals surface area contributed by atoms with E-state index in [1.54, 1.807) is 20.2 Å². The zero-order valence-corrected chi connectivity index (χ0v) is 8.85. The third-order valence-electron chi connectivity index (χ3n) is 1.94. The van der Waals surface area contributed by atoms with Gasteiger partial charge < -0.3 is 4.90 Å². The summed E-state index contributed by atoms with van der Waals surface area (Å²) in [6.45, 7) is -0.211. The highest BCUT2D eigenvalue weighted by Gasteiger charge is 2.09. The van der Waals surface area contributed by atoms with E-state index in [2.05, 4.69) is 0 Å². The average Bonchev–Trinajstić information content (AvgIpc) is 2.21. The number of H-pyrrole nitrogens is 1. The van der Waals surface area contributed by atoms with Crippen LogP contribution in [0.1, 0.15) is 5.56 Å². The van der Waals surface area contributed by atoms with E-state index in [0.29, 0.717) is 0 Å². The van der Waals surface area contributed by atoms with Crippen molar-refractivity contribution in [2.45, 2.75) is 6.54 Å². The third kappa shape index (κ3) is 2.36. The SMILES string of the molecule is CN(C)C(=O)Cn1cc(C#N)c(=O)[nH]c1=O. The molecule has 1 amide bonds. The molecule has 1 aromatic rings. The van der Waals surface area contributed by atoms with Gasteiger partial charge in [-0.1, -0.05) is 0 Å². The quantitative estimate of drug-likeness (QED) is 0.658. The summed E-state index contributed by atoms with van der Waals surface area (Å²) in [5.74, 6) is -0.307. The minimum Gasteiger partial charge on any atom is -0.347 e. The van der Waals surface area contributed by atoms with Crippen LogP contribution in [0, 0.1) is 11.3 Å². The Balaban J connectivity index is 3.17. The maximum absolute atomic E-state index is 11.3. The van der Waals surface area contributed by atoms with E-state index in [9.17, 15) is 14.4 Å². The maximum atomic E-state index is 11.3. The lowest BCUT2D eigenvalue weighted by molar-refractivity contribution is -0.129. The number of likely N-dealkylation sites (N-methyl/N-ethyl adjacent to an activating group) is 1. The number of aromatic nitrogens is 2. The van der Waals surface area contributed by atoms with Crippen molar-refractivity contribution in [2.75, 3.05) is 14.1 Å². The molecule has 0 aliphatic heterocycles. The summed E-state index contributed by atoms with van der Waals surface area (Å²) in [4.78, 5) is 37.0. The second-order valence-electron chi connectivity index (χ2n) is 3.33. The molecule has 1 N–H and O–H groups in total. The molecule has 0 saturated carbocycles. The molecule has 16 heavy (non-hydrogen) atoms. The molecule has 0 bridgehead atoms. The molecule has 1 heterocycles. The smallest absolute Gasteiger partial charge is 0.328 e. The number of nitrogens with zero attached hydrogens (tertiary/aromatic N) is 3. The number of carbonyl (C=O) groups excluding carboxylic acids is 1. The summed E-state index contributed by atoms with van der Waals surface area (Å²) < 4.78 is 0.988. The van der Waals surface area contributed by atoms with E-state index in [0.717, 1.165) is 10.8 Å². The Bertz CT molecular complexity index is 561. The van der Waals surface area contributed by atoms with Crippen LogP contribution in [0.4, 0.5) is 0 Å². The molecule has 0 aliphatic carbocycles. The van der Waals surface area contributed by atoms with Crippen molar-refractivity contribution in [3.05, 3.63) is 32.6 Å². The van der Waals surface area contributed by atoms with Gasteiger partial charge in [-0.2, -0.15) is 5.26 Å². The van der Waals surface area contributed by atoms with E-state index in [1.807, 2.05) is 4.98 Å². The second-order valence-corrected chi connectivity index (χ2v) is 3.33. The summed E-state index contributed by atoms with van der Waals surface area (Å²) in [7, 11) is 3.09. The van der Waals surface area contributed by atoms with Crippen molar-refractivity contribution < 1.29 is 4.79 Å². The van der Waals surface area contributed by atoms with Gasteiger partial charge in [-0.05, 0) is 0 Å². The monoisotopic (exact) mass is 222 g/mol. The van der Waals surface area contributed by atoms with E-state index < -0.39 is 11.2 Å². The van der Waals surface area contributed by atoms with Crippen molar-refractivity contribution in [3.63, 3.8) is 0 Å². The highest BCUT2D eigenvalue weighted by molar-refractivity contribution is 5.75. The van der Waals surface area contributed by atoms with Crippen LogP contribution in [0.5, 0.6) is 0 Å². The number of nitrogens with one attached hydrogen (secondary N) is 1. The van der Waals surface area contributed by atoms with Crippen molar-refractivity contribution in [3.8, 4) is 6.07 Å². The zero-order valence-electron chi connectivity index (χ0n) is 8.85. The number of aromatic amines is 1. The first-order valence-corrected chi connectivity index (χ1v) is 4.39. The van der Waals surface area contributed by atoms with Gasteiger partial charge in [0.05, 0.1) is 0 Å². The Labute approximate surface area is 90.5 Å². The van der Waals surface area contributed by atoms with Crippen molar-refractivity contribution >= 4 is 5.91 Å². The molecule has 84 valence electrons. The largest absolute Gasteiger partial charge is 0.347 e. The Morgan fingerprint density at radius 3 is 2.69 bits per heavy atom. The van der Waals surface area contributed by atoms with Gasteiger partial charge in [0, 0.05) is 20.3 Å². The van der Waals surface area contributed by atoms with Crippen molar-refractivity contribution in [1.82, 2.24) is 14.5 Å². The minimum absolute atomic E-state index is 0.203. The van der Waals surface area contributed by atoms with E-state index in [1.165, 1.54) is 4.90 Å². The number of hydrogen-bond donors (Lipinski definition) is 1. The first-order chi connectivity index (χ1) is 7.45. The summed E-state index contributed by atoms with van der Waals surface area (Å²) in [6, 6.07) is 1.64. The predicted molar refractivity (Wildman–Crippen MR) is 54.7 cm³/mol. The maximum Gasteiger partial charge on any atom is 0.328 e. The number of nitriles is 1. The number of carbonyl (C=O) groups is 1. The second kappa shape index (κ2) is 4.44. The predicted octanol–water partition coefficient (Wildman–Crippen LogP) is -1.50. The van der Waals surface area contributed by atoms with Gasteiger partial charge in [-0.25, -0.2) is 4.79 Å². The molecular weight excluding hydrogens is 212 g/mol. The fourth-order valence-corrected chi connectivity index (χ4v) is 0.994. The lowest BCUT2D eigenvalue weighted by Crippen LogP contribution is -2.36. The molecule has 1 rings (SSSR count). The van der Waals surface area contributed by atoms with Gasteiger partial charge in [-0.3, -0.25) is 19.1 Å². The molecule has 0 unspecified atom stereocenters. The number of amides is 1. The Hall–Kier alpha value is -2.36. The molecule has 7 nitrogen and oxygen atoms in total. The van der Waals surface area contributed by atoms with Crippen molar-refractivity contribution in [2.24, 2.45) is 0 Å². The molecule has 0 aliphatic rings. The van der Waals surface area contributed by atoms with Crippen molar-refractivity contribution in [1.29, 1.82) is 5.26 Å². The highest BCUT2D eigenvalue weighted by Crippen LogP contribution is 1.87. The number of rotatable bonds is 2. The van der Waals surface area contributed by atoms with Gasteiger partial charge in [-0.15, -0.1) is 0 Å². The van der Waals surface area contributed by atoms with Crippen LogP contribution in [0.15, 0.2) is 15.8 Å². The molecule has 0 fully saturated rings. The summed E-state index contributed by atoms with van der Waals surface area (Å²) in [5.41, 5.74) is -1.66. The first kappa shape index (κ1) is 11.7. The van der Waals surface area contributed by atoms with Gasteiger partial charge in [0.15, 0.2) is 0 Å².